The third-order valence-electron chi connectivity index (χ3n) is 2.51. The number of anilines is 1. The maximum Gasteiger partial charge on any atom is 0.265 e. The van der Waals surface area contributed by atoms with Gasteiger partial charge < -0.3 is 10.1 Å². The van der Waals surface area contributed by atoms with E-state index in [1.54, 1.807) is 31.2 Å². The van der Waals surface area contributed by atoms with E-state index in [-0.39, 0.29) is 5.69 Å². The first-order valence-electron chi connectivity index (χ1n) is 5.89. The largest absolute Gasteiger partial charge is 0.481 e. The third kappa shape index (κ3) is 3.68. The number of carbonyl (C=O) groups excluding carboxylic acids is 1. The van der Waals surface area contributed by atoms with Crippen LogP contribution in [0.2, 0.25) is 5.02 Å². The fraction of sp³-hybridized carbons (Fsp3) is 0.143. The molecule has 0 aliphatic carbocycles. The average molecular weight is 295 g/mol. The zero-order valence-electron chi connectivity index (χ0n) is 10.6. The van der Waals surface area contributed by atoms with E-state index in [0.29, 0.717) is 10.8 Å². The van der Waals surface area contributed by atoms with Gasteiger partial charge in [0.25, 0.3) is 5.91 Å². The first kappa shape index (κ1) is 14.3. The minimum atomic E-state index is -0.791. The number of halogens is 2. The van der Waals surface area contributed by atoms with Gasteiger partial charge in [0.05, 0.1) is 11.9 Å². The molecular weight excluding hydrogens is 283 g/mol. The van der Waals surface area contributed by atoms with Crippen LogP contribution in [0, 0.1) is 5.82 Å². The summed E-state index contributed by atoms with van der Waals surface area (Å²) in [6, 6.07) is 8.07. The second-order valence-corrected chi connectivity index (χ2v) is 4.50. The summed E-state index contributed by atoms with van der Waals surface area (Å²) in [5.74, 6) is -0.596. The monoisotopic (exact) mass is 294 g/mol. The van der Waals surface area contributed by atoms with E-state index in [1.165, 1.54) is 12.3 Å². The van der Waals surface area contributed by atoms with Crippen LogP contribution in [0.5, 0.6) is 5.75 Å². The summed E-state index contributed by atoms with van der Waals surface area (Å²) in [6.07, 6.45) is 1.63. The molecule has 1 aromatic carbocycles. The summed E-state index contributed by atoms with van der Waals surface area (Å²) in [5, 5.41) is 2.94. The first-order chi connectivity index (χ1) is 9.56. The minimum absolute atomic E-state index is 0.0616. The molecule has 0 radical (unpaired) electrons. The van der Waals surface area contributed by atoms with Crippen LogP contribution in [0.1, 0.15) is 6.92 Å². The van der Waals surface area contributed by atoms with E-state index in [9.17, 15) is 9.18 Å². The zero-order valence-corrected chi connectivity index (χ0v) is 11.4. The lowest BCUT2D eigenvalue weighted by Crippen LogP contribution is -2.30. The number of amides is 1. The highest BCUT2D eigenvalue weighted by atomic mass is 35.5. The molecule has 0 bridgehead atoms. The molecule has 1 amide bonds. The predicted molar refractivity (Wildman–Crippen MR) is 74.4 cm³/mol. The lowest BCUT2D eigenvalue weighted by molar-refractivity contribution is -0.122. The quantitative estimate of drug-likeness (QED) is 0.941. The van der Waals surface area contributed by atoms with E-state index in [4.69, 9.17) is 16.3 Å². The second kappa shape index (κ2) is 6.34. The molecule has 20 heavy (non-hydrogen) atoms. The number of hydrogen-bond donors (Lipinski definition) is 1. The fourth-order valence-corrected chi connectivity index (χ4v) is 1.69. The molecule has 1 aromatic heterocycles. The third-order valence-corrected chi connectivity index (χ3v) is 2.74. The summed E-state index contributed by atoms with van der Waals surface area (Å²) in [7, 11) is 0. The molecule has 0 aliphatic heterocycles. The fourth-order valence-electron chi connectivity index (χ4n) is 1.51. The molecule has 1 N–H and O–H groups in total. The lowest BCUT2D eigenvalue weighted by atomic mass is 10.3. The number of benzene rings is 1. The summed E-state index contributed by atoms with van der Waals surface area (Å²) < 4.78 is 18.8. The van der Waals surface area contributed by atoms with Crippen LogP contribution in [0.4, 0.5) is 10.1 Å². The normalized spacial score (nSPS) is 11.8. The standard InChI is InChI=1S/C14H12ClFN2O2/c1-9(20-11-4-2-3-10(15)7-11)14(19)18-13-5-6-17-8-12(13)16/h2-9H,1H3,(H,17,18,19). The van der Waals surface area contributed by atoms with Crippen LogP contribution in [-0.4, -0.2) is 17.0 Å². The van der Waals surface area contributed by atoms with Gasteiger partial charge in [-0.15, -0.1) is 0 Å². The van der Waals surface area contributed by atoms with Crippen LogP contribution in [-0.2, 0) is 4.79 Å². The average Bonchev–Trinajstić information content (AvgIpc) is 2.41. The maximum atomic E-state index is 13.4. The summed E-state index contributed by atoms with van der Waals surface area (Å²) in [5.41, 5.74) is 0.0616. The molecule has 0 saturated carbocycles. The first-order valence-corrected chi connectivity index (χ1v) is 6.26. The number of ether oxygens (including phenoxy) is 1. The van der Waals surface area contributed by atoms with Gasteiger partial charge in [-0.1, -0.05) is 17.7 Å². The Hall–Kier alpha value is -2.14. The van der Waals surface area contributed by atoms with Gasteiger partial charge in [0.1, 0.15) is 5.75 Å². The molecular formula is C14H12ClFN2O2. The number of nitrogens with one attached hydrogen (secondary N) is 1. The van der Waals surface area contributed by atoms with Crippen molar-refractivity contribution in [3.8, 4) is 5.75 Å². The molecule has 2 rings (SSSR count). The van der Waals surface area contributed by atoms with Gasteiger partial charge >= 0.3 is 0 Å². The molecule has 4 nitrogen and oxygen atoms in total. The highest BCUT2D eigenvalue weighted by Crippen LogP contribution is 2.19. The molecule has 104 valence electrons. The van der Waals surface area contributed by atoms with Crippen LogP contribution in [0.15, 0.2) is 42.7 Å². The molecule has 0 spiro atoms. The van der Waals surface area contributed by atoms with Crippen molar-refractivity contribution in [2.75, 3.05) is 5.32 Å². The van der Waals surface area contributed by atoms with Gasteiger partial charge in [-0.05, 0) is 31.2 Å². The van der Waals surface area contributed by atoms with E-state index in [0.717, 1.165) is 6.20 Å². The molecule has 6 heteroatoms. The molecule has 0 aliphatic rings. The summed E-state index contributed by atoms with van der Waals surface area (Å²) in [6.45, 7) is 1.56. The lowest BCUT2D eigenvalue weighted by Gasteiger charge is -2.15. The molecule has 1 heterocycles. The van der Waals surface area contributed by atoms with Crippen LogP contribution in [0.25, 0.3) is 0 Å². The Bertz CT molecular complexity index is 622. The van der Waals surface area contributed by atoms with Crippen molar-refractivity contribution in [3.05, 3.63) is 53.6 Å². The van der Waals surface area contributed by atoms with E-state index < -0.39 is 17.8 Å². The van der Waals surface area contributed by atoms with E-state index in [2.05, 4.69) is 10.3 Å². The van der Waals surface area contributed by atoms with Gasteiger partial charge in [0.2, 0.25) is 0 Å². The van der Waals surface area contributed by atoms with Crippen molar-refractivity contribution in [1.29, 1.82) is 0 Å². The van der Waals surface area contributed by atoms with E-state index >= 15 is 0 Å². The number of rotatable bonds is 4. The SMILES string of the molecule is CC(Oc1cccc(Cl)c1)C(=O)Nc1ccncc1F. The van der Waals surface area contributed by atoms with Gasteiger partial charge in [0.15, 0.2) is 11.9 Å². The number of nitrogens with zero attached hydrogens (tertiary/aromatic N) is 1. The molecule has 1 atom stereocenters. The van der Waals surface area contributed by atoms with Crippen molar-refractivity contribution >= 4 is 23.2 Å². The van der Waals surface area contributed by atoms with Crippen LogP contribution < -0.4 is 10.1 Å². The highest BCUT2D eigenvalue weighted by Gasteiger charge is 2.16. The second-order valence-electron chi connectivity index (χ2n) is 4.06. The summed E-state index contributed by atoms with van der Waals surface area (Å²) in [4.78, 5) is 15.5. The van der Waals surface area contributed by atoms with Crippen molar-refractivity contribution in [3.63, 3.8) is 0 Å². The maximum absolute atomic E-state index is 13.4. The van der Waals surface area contributed by atoms with Crippen LogP contribution in [0.3, 0.4) is 0 Å². The zero-order chi connectivity index (χ0) is 14.5. The van der Waals surface area contributed by atoms with Gasteiger partial charge in [-0.3, -0.25) is 9.78 Å². The molecule has 0 saturated heterocycles. The van der Waals surface area contributed by atoms with Gasteiger partial charge in [-0.25, -0.2) is 4.39 Å². The minimum Gasteiger partial charge on any atom is -0.481 e. The van der Waals surface area contributed by atoms with Crippen molar-refractivity contribution < 1.29 is 13.9 Å². The Morgan fingerprint density at radius 1 is 1.45 bits per heavy atom. The number of aromatic nitrogens is 1. The molecule has 0 fully saturated rings. The van der Waals surface area contributed by atoms with Crippen LogP contribution >= 0.6 is 11.6 Å². The van der Waals surface area contributed by atoms with Crippen molar-refractivity contribution in [2.45, 2.75) is 13.0 Å². The predicted octanol–water partition coefficient (Wildman–Crippen LogP) is 3.28. The number of hydrogen-bond acceptors (Lipinski definition) is 3. The van der Waals surface area contributed by atoms with Gasteiger partial charge in [0, 0.05) is 11.2 Å². The van der Waals surface area contributed by atoms with E-state index in [1.807, 2.05) is 0 Å². The topological polar surface area (TPSA) is 51.2 Å². The Morgan fingerprint density at radius 3 is 2.95 bits per heavy atom. The Morgan fingerprint density at radius 2 is 2.25 bits per heavy atom. The molecule has 1 unspecified atom stereocenters. The van der Waals surface area contributed by atoms with Crippen molar-refractivity contribution in [1.82, 2.24) is 4.98 Å². The number of pyridine rings is 1. The number of carbonyl (C=O) groups is 1. The summed E-state index contributed by atoms with van der Waals surface area (Å²) >= 11 is 5.82. The van der Waals surface area contributed by atoms with Gasteiger partial charge in [-0.2, -0.15) is 0 Å². The Kier molecular flexibility index (Phi) is 4.53. The highest BCUT2D eigenvalue weighted by molar-refractivity contribution is 6.30. The molecule has 2 aromatic rings. The Labute approximate surface area is 120 Å². The smallest absolute Gasteiger partial charge is 0.265 e. The Balaban J connectivity index is 2.01. The van der Waals surface area contributed by atoms with Crippen molar-refractivity contribution in [2.24, 2.45) is 0 Å².